The normalized spacial score (nSPS) is 21.9. The third-order valence-electron chi connectivity index (χ3n) is 2.92. The molecule has 1 aliphatic heterocycles. The van der Waals surface area contributed by atoms with Gasteiger partial charge in [-0.25, -0.2) is 8.42 Å². The van der Waals surface area contributed by atoms with Crippen LogP contribution in [0.1, 0.15) is 33.6 Å². The molecule has 0 bridgehead atoms. The largest absolute Gasteiger partial charge is 0.355 e. The first-order valence-corrected chi connectivity index (χ1v) is 8.20. The van der Waals surface area contributed by atoms with Crippen LogP contribution in [0.25, 0.3) is 0 Å². The van der Waals surface area contributed by atoms with Crippen molar-refractivity contribution in [3.8, 4) is 0 Å². The van der Waals surface area contributed by atoms with Crippen LogP contribution in [0.4, 0.5) is 0 Å². The average Bonchev–Trinajstić information content (AvgIpc) is 2.56. The van der Waals surface area contributed by atoms with E-state index in [1.807, 2.05) is 0 Å². The highest BCUT2D eigenvalue weighted by atomic mass is 32.2. The second kappa shape index (κ2) is 5.90. The fraction of sp³-hybridized carbons (Fsp3) is 0.833. The van der Waals surface area contributed by atoms with Crippen LogP contribution in [0.3, 0.4) is 0 Å². The molecule has 110 valence electrons. The molecule has 1 aliphatic rings. The molecule has 2 N–H and O–H groups in total. The zero-order valence-electron chi connectivity index (χ0n) is 11.7. The summed E-state index contributed by atoms with van der Waals surface area (Å²) in [7, 11) is -2.98. The lowest BCUT2D eigenvalue weighted by Crippen LogP contribution is -2.40. The topological polar surface area (TPSA) is 92.3 Å². The van der Waals surface area contributed by atoms with Crippen molar-refractivity contribution in [2.75, 3.05) is 18.1 Å². The Bertz CT molecular complexity index is 451. The maximum absolute atomic E-state index is 11.6. The van der Waals surface area contributed by atoms with Crippen LogP contribution in [-0.2, 0) is 19.4 Å². The SMILES string of the molecule is CC(C)(C)C(=O)NCCC(=O)NC1CCS(=O)(=O)C1. The Morgan fingerprint density at radius 1 is 1.26 bits per heavy atom. The number of hydrogen-bond acceptors (Lipinski definition) is 4. The molecule has 0 aliphatic carbocycles. The number of nitrogens with one attached hydrogen (secondary N) is 2. The van der Waals surface area contributed by atoms with Crippen molar-refractivity contribution < 1.29 is 18.0 Å². The zero-order valence-corrected chi connectivity index (χ0v) is 12.5. The van der Waals surface area contributed by atoms with Gasteiger partial charge in [0.15, 0.2) is 9.84 Å². The monoisotopic (exact) mass is 290 g/mol. The van der Waals surface area contributed by atoms with E-state index in [1.54, 1.807) is 20.8 Å². The molecule has 1 rings (SSSR count). The Labute approximate surface area is 114 Å². The van der Waals surface area contributed by atoms with Gasteiger partial charge >= 0.3 is 0 Å². The highest BCUT2D eigenvalue weighted by Gasteiger charge is 2.28. The van der Waals surface area contributed by atoms with Gasteiger partial charge in [-0.05, 0) is 6.42 Å². The highest BCUT2D eigenvalue weighted by molar-refractivity contribution is 7.91. The molecule has 0 aromatic carbocycles. The van der Waals surface area contributed by atoms with Crippen LogP contribution < -0.4 is 10.6 Å². The van der Waals surface area contributed by atoms with Crippen LogP contribution in [0.5, 0.6) is 0 Å². The smallest absolute Gasteiger partial charge is 0.225 e. The summed E-state index contributed by atoms with van der Waals surface area (Å²) in [6.45, 7) is 5.66. The molecule has 7 heteroatoms. The van der Waals surface area contributed by atoms with E-state index >= 15 is 0 Å². The molecule has 1 heterocycles. The lowest BCUT2D eigenvalue weighted by molar-refractivity contribution is -0.128. The maximum atomic E-state index is 11.6. The van der Waals surface area contributed by atoms with Gasteiger partial charge in [-0.3, -0.25) is 9.59 Å². The van der Waals surface area contributed by atoms with Gasteiger partial charge in [0.1, 0.15) is 0 Å². The van der Waals surface area contributed by atoms with Crippen molar-refractivity contribution in [1.82, 2.24) is 10.6 Å². The lowest BCUT2D eigenvalue weighted by Gasteiger charge is -2.17. The number of amides is 2. The first kappa shape index (κ1) is 15.9. The van der Waals surface area contributed by atoms with Gasteiger partial charge < -0.3 is 10.6 Å². The molecule has 1 fully saturated rings. The van der Waals surface area contributed by atoms with E-state index in [2.05, 4.69) is 10.6 Å². The minimum atomic E-state index is -2.98. The van der Waals surface area contributed by atoms with Gasteiger partial charge in [0.05, 0.1) is 11.5 Å². The fourth-order valence-corrected chi connectivity index (χ4v) is 3.44. The molecule has 19 heavy (non-hydrogen) atoms. The van der Waals surface area contributed by atoms with Crippen molar-refractivity contribution in [3.05, 3.63) is 0 Å². The van der Waals surface area contributed by atoms with Crippen molar-refractivity contribution in [2.45, 2.75) is 39.7 Å². The van der Waals surface area contributed by atoms with E-state index in [-0.39, 0.29) is 42.3 Å². The van der Waals surface area contributed by atoms with Crippen LogP contribution >= 0.6 is 0 Å². The van der Waals surface area contributed by atoms with Crippen LogP contribution in [0.2, 0.25) is 0 Å². The molecule has 1 atom stereocenters. The fourth-order valence-electron chi connectivity index (χ4n) is 1.76. The Hall–Kier alpha value is -1.11. The predicted molar refractivity (Wildman–Crippen MR) is 72.3 cm³/mol. The Balaban J connectivity index is 2.24. The summed E-state index contributed by atoms with van der Waals surface area (Å²) in [5.74, 6) is -0.175. The molecular formula is C12H22N2O4S. The molecule has 0 aromatic rings. The van der Waals surface area contributed by atoms with Gasteiger partial charge in [-0.15, -0.1) is 0 Å². The van der Waals surface area contributed by atoms with E-state index < -0.39 is 15.3 Å². The standard InChI is InChI=1S/C12H22N2O4S/c1-12(2,3)11(16)13-6-4-10(15)14-9-5-7-19(17,18)8-9/h9H,4-8H2,1-3H3,(H,13,16)(H,14,15). The summed E-state index contributed by atoms with van der Waals surface area (Å²) in [5.41, 5.74) is -0.476. The summed E-state index contributed by atoms with van der Waals surface area (Å²) in [4.78, 5) is 23.1. The quantitative estimate of drug-likeness (QED) is 0.752. The number of hydrogen-bond donors (Lipinski definition) is 2. The van der Waals surface area contributed by atoms with E-state index in [0.29, 0.717) is 6.42 Å². The van der Waals surface area contributed by atoms with Crippen molar-refractivity contribution >= 4 is 21.7 Å². The summed E-state index contributed by atoms with van der Waals surface area (Å²) in [5, 5.41) is 5.35. The second-order valence-electron chi connectivity index (χ2n) is 5.92. The second-order valence-corrected chi connectivity index (χ2v) is 8.15. The van der Waals surface area contributed by atoms with Gasteiger partial charge in [0, 0.05) is 24.4 Å². The number of carbonyl (C=O) groups excluding carboxylic acids is 2. The summed E-state index contributed by atoms with van der Waals surface area (Å²) < 4.78 is 22.5. The average molecular weight is 290 g/mol. The maximum Gasteiger partial charge on any atom is 0.225 e. The molecule has 0 aromatic heterocycles. The van der Waals surface area contributed by atoms with Crippen molar-refractivity contribution in [3.63, 3.8) is 0 Å². The molecule has 1 saturated heterocycles. The van der Waals surface area contributed by atoms with Gasteiger partial charge in [0.2, 0.25) is 11.8 Å². The first-order valence-electron chi connectivity index (χ1n) is 6.38. The molecular weight excluding hydrogens is 268 g/mol. The van der Waals surface area contributed by atoms with Crippen LogP contribution in [0.15, 0.2) is 0 Å². The van der Waals surface area contributed by atoms with Crippen molar-refractivity contribution in [2.24, 2.45) is 5.41 Å². The molecule has 0 saturated carbocycles. The first-order chi connectivity index (χ1) is 8.60. The highest BCUT2D eigenvalue weighted by Crippen LogP contribution is 2.12. The molecule has 6 nitrogen and oxygen atoms in total. The van der Waals surface area contributed by atoms with E-state index in [1.165, 1.54) is 0 Å². The number of carbonyl (C=O) groups is 2. The minimum Gasteiger partial charge on any atom is -0.355 e. The van der Waals surface area contributed by atoms with Gasteiger partial charge in [-0.2, -0.15) is 0 Å². The molecule has 1 unspecified atom stereocenters. The van der Waals surface area contributed by atoms with Crippen LogP contribution in [0, 0.1) is 5.41 Å². The molecule has 0 spiro atoms. The third-order valence-corrected chi connectivity index (χ3v) is 4.68. The summed E-state index contributed by atoms with van der Waals surface area (Å²) >= 11 is 0. The Kier molecular flexibility index (Phi) is 4.95. The van der Waals surface area contributed by atoms with E-state index in [9.17, 15) is 18.0 Å². The summed E-state index contributed by atoms with van der Waals surface area (Å²) in [6.07, 6.45) is 0.640. The molecule has 0 radical (unpaired) electrons. The summed E-state index contributed by atoms with van der Waals surface area (Å²) in [6, 6.07) is -0.282. The van der Waals surface area contributed by atoms with E-state index in [0.717, 1.165) is 0 Å². The van der Waals surface area contributed by atoms with Gasteiger partial charge in [-0.1, -0.05) is 20.8 Å². The Morgan fingerprint density at radius 2 is 1.89 bits per heavy atom. The third kappa shape index (κ3) is 5.59. The van der Waals surface area contributed by atoms with E-state index in [4.69, 9.17) is 0 Å². The van der Waals surface area contributed by atoms with Gasteiger partial charge in [0.25, 0.3) is 0 Å². The number of rotatable bonds is 4. The lowest BCUT2D eigenvalue weighted by atomic mass is 9.96. The zero-order chi connectivity index (χ0) is 14.7. The minimum absolute atomic E-state index is 0.0209. The van der Waals surface area contributed by atoms with Crippen LogP contribution in [-0.4, -0.2) is 44.3 Å². The Morgan fingerprint density at radius 3 is 2.37 bits per heavy atom. The van der Waals surface area contributed by atoms with Crippen molar-refractivity contribution in [1.29, 1.82) is 0 Å². The number of sulfone groups is 1. The molecule has 2 amide bonds. The predicted octanol–water partition coefficient (Wildman–Crippen LogP) is -0.158.